The lowest BCUT2D eigenvalue weighted by Gasteiger charge is -2.20. The Hall–Kier alpha value is -0.870. The van der Waals surface area contributed by atoms with E-state index < -0.39 is 0 Å². The highest BCUT2D eigenvalue weighted by atomic mass is 16.5. The molecular weight excluding hydrogens is 202 g/mol. The highest BCUT2D eigenvalue weighted by Gasteiger charge is 2.31. The maximum atomic E-state index is 5.99. The van der Waals surface area contributed by atoms with Crippen molar-refractivity contribution in [2.75, 3.05) is 7.05 Å². The summed E-state index contributed by atoms with van der Waals surface area (Å²) in [4.78, 5) is 4.33. The topological polar surface area (TPSA) is 39.1 Å². The van der Waals surface area contributed by atoms with Crippen LogP contribution < -0.4 is 5.32 Å². The van der Waals surface area contributed by atoms with Crippen LogP contribution in [0.2, 0.25) is 0 Å². The normalized spacial score (nSPS) is 23.8. The van der Waals surface area contributed by atoms with E-state index in [1.54, 1.807) is 0 Å². The quantitative estimate of drug-likeness (QED) is 0.842. The fourth-order valence-electron chi connectivity index (χ4n) is 2.26. The molecule has 1 saturated heterocycles. The van der Waals surface area contributed by atoms with Crippen LogP contribution in [0.3, 0.4) is 0 Å². The average Bonchev–Trinajstić information content (AvgIpc) is 2.76. The van der Waals surface area contributed by atoms with Crippen LogP contribution in [0.25, 0.3) is 0 Å². The summed E-state index contributed by atoms with van der Waals surface area (Å²) in [6.07, 6.45) is 6.51. The number of rotatable bonds is 4. The summed E-state index contributed by atoms with van der Waals surface area (Å²) in [5.41, 5.74) is 0.0500. The van der Waals surface area contributed by atoms with Gasteiger partial charge in [-0.3, -0.25) is 0 Å². The lowest BCUT2D eigenvalue weighted by Crippen LogP contribution is -2.24. The average molecular weight is 223 g/mol. The van der Waals surface area contributed by atoms with E-state index in [9.17, 15) is 0 Å². The van der Waals surface area contributed by atoms with Crippen LogP contribution in [-0.2, 0) is 17.8 Å². The number of hydrogen-bond acceptors (Lipinski definition) is 3. The molecule has 16 heavy (non-hydrogen) atoms. The smallest absolute Gasteiger partial charge is 0.122 e. The second kappa shape index (κ2) is 4.55. The highest BCUT2D eigenvalue weighted by Crippen LogP contribution is 2.30. The Kier molecular flexibility index (Phi) is 3.30. The summed E-state index contributed by atoms with van der Waals surface area (Å²) in [5, 5.41) is 3.13. The Morgan fingerprint density at radius 1 is 1.62 bits per heavy atom. The van der Waals surface area contributed by atoms with Crippen molar-refractivity contribution >= 4 is 0 Å². The third kappa shape index (κ3) is 2.62. The van der Waals surface area contributed by atoms with Crippen molar-refractivity contribution in [3.63, 3.8) is 0 Å². The number of nitrogens with one attached hydrogen (secondary N) is 1. The number of imidazole rings is 1. The van der Waals surface area contributed by atoms with Crippen molar-refractivity contribution in [3.05, 3.63) is 18.2 Å². The first-order chi connectivity index (χ1) is 7.61. The maximum absolute atomic E-state index is 5.99. The third-order valence-corrected chi connectivity index (χ3v) is 3.09. The van der Waals surface area contributed by atoms with Gasteiger partial charge >= 0.3 is 0 Å². The Balaban J connectivity index is 1.96. The van der Waals surface area contributed by atoms with Gasteiger partial charge in [-0.1, -0.05) is 0 Å². The molecule has 1 unspecified atom stereocenters. The predicted octanol–water partition coefficient (Wildman–Crippen LogP) is 1.56. The number of ether oxygens (including phenoxy) is 1. The largest absolute Gasteiger partial charge is 0.370 e. The zero-order chi connectivity index (χ0) is 11.6. The van der Waals surface area contributed by atoms with Gasteiger partial charge in [0.05, 0.1) is 24.8 Å². The lowest BCUT2D eigenvalue weighted by atomic mass is 10.1. The van der Waals surface area contributed by atoms with Gasteiger partial charge in [0.25, 0.3) is 0 Å². The van der Waals surface area contributed by atoms with Crippen molar-refractivity contribution in [2.45, 2.75) is 51.5 Å². The van der Waals surface area contributed by atoms with Crippen LogP contribution in [0.1, 0.15) is 32.5 Å². The first kappa shape index (κ1) is 11.6. The second-order valence-corrected chi connectivity index (χ2v) is 5.06. The lowest BCUT2D eigenvalue weighted by molar-refractivity contribution is -0.0220. The van der Waals surface area contributed by atoms with E-state index in [4.69, 9.17) is 4.74 Å². The van der Waals surface area contributed by atoms with E-state index in [0.29, 0.717) is 6.10 Å². The minimum atomic E-state index is 0.0500. The van der Waals surface area contributed by atoms with E-state index in [2.05, 4.69) is 28.7 Å². The van der Waals surface area contributed by atoms with Gasteiger partial charge in [-0.2, -0.15) is 0 Å². The minimum Gasteiger partial charge on any atom is -0.370 e. The van der Waals surface area contributed by atoms with Gasteiger partial charge in [0.1, 0.15) is 5.82 Å². The standard InChI is InChI=1S/C12H21N3O/c1-12(2)5-4-10(16-12)9-15-7-6-14-11(15)8-13-3/h6-7,10,13H,4-5,8-9H2,1-3H3. The molecule has 0 bridgehead atoms. The van der Waals surface area contributed by atoms with Crippen molar-refractivity contribution < 1.29 is 4.74 Å². The van der Waals surface area contributed by atoms with Crippen LogP contribution in [0.15, 0.2) is 12.4 Å². The van der Waals surface area contributed by atoms with E-state index >= 15 is 0 Å². The van der Waals surface area contributed by atoms with Gasteiger partial charge < -0.3 is 14.6 Å². The van der Waals surface area contributed by atoms with Gasteiger partial charge in [-0.05, 0) is 33.7 Å². The van der Waals surface area contributed by atoms with E-state index in [1.165, 1.54) is 0 Å². The molecule has 1 aliphatic rings. The maximum Gasteiger partial charge on any atom is 0.122 e. The van der Waals surface area contributed by atoms with Crippen LogP contribution >= 0.6 is 0 Å². The molecule has 2 rings (SSSR count). The van der Waals surface area contributed by atoms with Gasteiger partial charge in [0.15, 0.2) is 0 Å². The summed E-state index contributed by atoms with van der Waals surface area (Å²) in [7, 11) is 1.94. The fourth-order valence-corrected chi connectivity index (χ4v) is 2.26. The summed E-state index contributed by atoms with van der Waals surface area (Å²) < 4.78 is 8.17. The van der Waals surface area contributed by atoms with Gasteiger partial charge in [-0.15, -0.1) is 0 Å². The second-order valence-electron chi connectivity index (χ2n) is 5.06. The molecule has 1 aromatic heterocycles. The molecule has 0 saturated carbocycles. The van der Waals surface area contributed by atoms with E-state index in [0.717, 1.165) is 31.8 Å². The van der Waals surface area contributed by atoms with Crippen molar-refractivity contribution in [1.29, 1.82) is 0 Å². The molecule has 2 heterocycles. The minimum absolute atomic E-state index is 0.0500. The molecule has 0 radical (unpaired) electrons. The van der Waals surface area contributed by atoms with Gasteiger partial charge in [0, 0.05) is 12.4 Å². The predicted molar refractivity (Wildman–Crippen MR) is 63.2 cm³/mol. The number of aromatic nitrogens is 2. The molecule has 1 aromatic rings. The SMILES string of the molecule is CNCc1nccn1CC1CCC(C)(C)O1. The zero-order valence-corrected chi connectivity index (χ0v) is 10.4. The Labute approximate surface area is 97.0 Å². The molecule has 4 nitrogen and oxygen atoms in total. The molecule has 1 aliphatic heterocycles. The molecule has 0 amide bonds. The van der Waals surface area contributed by atoms with Crippen molar-refractivity contribution in [1.82, 2.24) is 14.9 Å². The molecule has 1 fully saturated rings. The summed E-state index contributed by atoms with van der Waals surface area (Å²) >= 11 is 0. The Morgan fingerprint density at radius 2 is 2.44 bits per heavy atom. The molecule has 90 valence electrons. The fraction of sp³-hybridized carbons (Fsp3) is 0.750. The van der Waals surface area contributed by atoms with Gasteiger partial charge in [0.2, 0.25) is 0 Å². The summed E-state index contributed by atoms with van der Waals surface area (Å²) in [5.74, 6) is 1.08. The third-order valence-electron chi connectivity index (χ3n) is 3.09. The molecule has 0 aliphatic carbocycles. The zero-order valence-electron chi connectivity index (χ0n) is 10.4. The Morgan fingerprint density at radius 3 is 3.06 bits per heavy atom. The summed E-state index contributed by atoms with van der Waals surface area (Å²) in [6, 6.07) is 0. The van der Waals surface area contributed by atoms with Crippen molar-refractivity contribution in [2.24, 2.45) is 0 Å². The van der Waals surface area contributed by atoms with E-state index in [-0.39, 0.29) is 5.60 Å². The highest BCUT2D eigenvalue weighted by molar-refractivity contribution is 4.93. The number of nitrogens with zero attached hydrogens (tertiary/aromatic N) is 2. The van der Waals surface area contributed by atoms with Crippen molar-refractivity contribution in [3.8, 4) is 0 Å². The molecule has 0 aromatic carbocycles. The molecule has 0 spiro atoms. The monoisotopic (exact) mass is 223 g/mol. The molecular formula is C12H21N3O. The van der Waals surface area contributed by atoms with Crippen LogP contribution in [0.4, 0.5) is 0 Å². The first-order valence-electron chi connectivity index (χ1n) is 5.93. The molecule has 4 heteroatoms. The molecule has 1 N–H and O–H groups in total. The molecule has 1 atom stereocenters. The van der Waals surface area contributed by atoms with Crippen LogP contribution in [-0.4, -0.2) is 28.3 Å². The first-order valence-corrected chi connectivity index (χ1v) is 5.93. The van der Waals surface area contributed by atoms with Gasteiger partial charge in [-0.25, -0.2) is 4.98 Å². The van der Waals surface area contributed by atoms with Crippen LogP contribution in [0, 0.1) is 0 Å². The Bertz CT molecular complexity index is 346. The van der Waals surface area contributed by atoms with E-state index in [1.807, 2.05) is 19.4 Å². The van der Waals surface area contributed by atoms with Crippen LogP contribution in [0.5, 0.6) is 0 Å². The summed E-state index contributed by atoms with van der Waals surface area (Å²) in [6.45, 7) is 6.05. The number of hydrogen-bond donors (Lipinski definition) is 1.